The zero-order valence-corrected chi connectivity index (χ0v) is 22.8. The number of benzene rings is 1. The lowest BCUT2D eigenvalue weighted by Gasteiger charge is -2.37. The van der Waals surface area contributed by atoms with E-state index in [1.807, 2.05) is 0 Å². The standard InChI is InChI=1S/C22H41BrO2Si2/c1-21(2,3)26(7,8)24-16-19-12-11-18(13-14-23)15-20(19)17-25-27(9,10)22(4,5)6/h11-12,15H,13-14,16-17H2,1-10H3. The fraction of sp³-hybridized carbons (Fsp3) is 0.727. The maximum atomic E-state index is 6.54. The highest BCUT2D eigenvalue weighted by atomic mass is 79.9. The Morgan fingerprint density at radius 3 is 1.63 bits per heavy atom. The molecular formula is C22H41BrO2Si2. The Balaban J connectivity index is 3.04. The highest BCUT2D eigenvalue weighted by Crippen LogP contribution is 2.38. The molecule has 0 aliphatic carbocycles. The quantitative estimate of drug-likeness (QED) is 0.285. The van der Waals surface area contributed by atoms with Crippen LogP contribution in [0.4, 0.5) is 0 Å². The molecule has 0 atom stereocenters. The van der Waals surface area contributed by atoms with Gasteiger partial charge in [0.25, 0.3) is 0 Å². The van der Waals surface area contributed by atoms with E-state index in [1.54, 1.807) is 0 Å². The minimum Gasteiger partial charge on any atom is -0.413 e. The normalized spacial score (nSPS) is 13.9. The summed E-state index contributed by atoms with van der Waals surface area (Å²) in [5.41, 5.74) is 3.92. The first kappa shape index (κ1) is 25.1. The Labute approximate surface area is 178 Å². The van der Waals surface area contributed by atoms with E-state index in [1.165, 1.54) is 16.7 Å². The minimum atomic E-state index is -1.78. The zero-order chi connectivity index (χ0) is 21.1. The van der Waals surface area contributed by atoms with E-state index < -0.39 is 16.6 Å². The molecular weight excluding hydrogens is 432 g/mol. The summed E-state index contributed by atoms with van der Waals surface area (Å²) in [7, 11) is -3.55. The van der Waals surface area contributed by atoms with Crippen LogP contribution in [-0.2, 0) is 28.5 Å². The molecule has 0 heterocycles. The van der Waals surface area contributed by atoms with Gasteiger partial charge < -0.3 is 8.85 Å². The molecule has 2 nitrogen and oxygen atoms in total. The molecule has 1 rings (SSSR count). The molecule has 0 saturated carbocycles. The lowest BCUT2D eigenvalue weighted by atomic mass is 10.0. The first-order valence-electron chi connectivity index (χ1n) is 10.1. The van der Waals surface area contributed by atoms with Crippen LogP contribution in [0, 0.1) is 0 Å². The van der Waals surface area contributed by atoms with Crippen molar-refractivity contribution >= 4 is 32.6 Å². The monoisotopic (exact) mass is 472 g/mol. The Morgan fingerprint density at radius 1 is 0.778 bits per heavy atom. The molecule has 0 amide bonds. The van der Waals surface area contributed by atoms with Crippen molar-refractivity contribution in [3.63, 3.8) is 0 Å². The van der Waals surface area contributed by atoms with Crippen LogP contribution in [-0.4, -0.2) is 22.0 Å². The molecule has 1 aromatic rings. The van der Waals surface area contributed by atoms with Gasteiger partial charge in [-0.1, -0.05) is 75.7 Å². The number of rotatable bonds is 8. The van der Waals surface area contributed by atoms with Crippen LogP contribution in [0.25, 0.3) is 0 Å². The number of aryl methyl sites for hydroxylation is 1. The van der Waals surface area contributed by atoms with Crippen LogP contribution in [0.3, 0.4) is 0 Å². The van der Waals surface area contributed by atoms with E-state index in [0.29, 0.717) is 13.2 Å². The third-order valence-electron chi connectivity index (χ3n) is 6.44. The number of hydrogen-bond acceptors (Lipinski definition) is 2. The summed E-state index contributed by atoms with van der Waals surface area (Å²) in [5.74, 6) is 0. The van der Waals surface area contributed by atoms with Crippen molar-refractivity contribution in [3.8, 4) is 0 Å². The molecule has 0 aliphatic heterocycles. The molecule has 1 aromatic carbocycles. The molecule has 0 aliphatic rings. The second-order valence-corrected chi connectivity index (χ2v) is 21.1. The first-order valence-corrected chi connectivity index (χ1v) is 17.0. The van der Waals surface area contributed by atoms with Gasteiger partial charge in [0, 0.05) is 5.33 Å². The molecule has 27 heavy (non-hydrogen) atoms. The summed E-state index contributed by atoms with van der Waals surface area (Å²) in [6, 6.07) is 6.80. The van der Waals surface area contributed by atoms with Gasteiger partial charge in [0.15, 0.2) is 16.6 Å². The average Bonchev–Trinajstić information content (AvgIpc) is 2.50. The van der Waals surface area contributed by atoms with Crippen LogP contribution in [0.15, 0.2) is 18.2 Å². The van der Waals surface area contributed by atoms with E-state index in [-0.39, 0.29) is 10.1 Å². The van der Waals surface area contributed by atoms with Gasteiger partial charge in [-0.05, 0) is 59.4 Å². The van der Waals surface area contributed by atoms with E-state index in [9.17, 15) is 0 Å². The number of hydrogen-bond donors (Lipinski definition) is 0. The van der Waals surface area contributed by atoms with Gasteiger partial charge in [-0.25, -0.2) is 0 Å². The van der Waals surface area contributed by atoms with Crippen molar-refractivity contribution in [1.29, 1.82) is 0 Å². The van der Waals surface area contributed by atoms with E-state index in [4.69, 9.17) is 8.85 Å². The highest BCUT2D eigenvalue weighted by molar-refractivity contribution is 9.09. The van der Waals surface area contributed by atoms with Crippen molar-refractivity contribution in [2.75, 3.05) is 5.33 Å². The smallest absolute Gasteiger partial charge is 0.192 e. The second kappa shape index (κ2) is 9.25. The third-order valence-corrected chi connectivity index (χ3v) is 15.8. The largest absolute Gasteiger partial charge is 0.413 e. The maximum absolute atomic E-state index is 6.54. The van der Waals surface area contributed by atoms with Crippen LogP contribution in [0.1, 0.15) is 58.2 Å². The van der Waals surface area contributed by atoms with Crippen molar-refractivity contribution in [1.82, 2.24) is 0 Å². The molecule has 0 saturated heterocycles. The van der Waals surface area contributed by atoms with Gasteiger partial charge in [0.05, 0.1) is 13.2 Å². The predicted octanol–water partition coefficient (Wildman–Crippen LogP) is 7.67. The molecule has 0 unspecified atom stereocenters. The SMILES string of the molecule is CC(C)(C)[Si](C)(C)OCc1ccc(CCBr)cc1CO[Si](C)(C)C(C)(C)C. The zero-order valence-electron chi connectivity index (χ0n) is 19.3. The van der Waals surface area contributed by atoms with Crippen LogP contribution in [0.2, 0.25) is 36.3 Å². The summed E-state index contributed by atoms with van der Waals surface area (Å²) in [6.45, 7) is 24.4. The van der Waals surface area contributed by atoms with Gasteiger partial charge in [0.2, 0.25) is 0 Å². The van der Waals surface area contributed by atoms with Crippen molar-refractivity contribution in [2.45, 2.75) is 97.4 Å². The Hall–Kier alpha value is 0.0538. The topological polar surface area (TPSA) is 18.5 Å². The summed E-state index contributed by atoms with van der Waals surface area (Å²) >= 11 is 3.56. The molecule has 0 spiro atoms. The molecule has 0 bridgehead atoms. The number of halogens is 1. The van der Waals surface area contributed by atoms with Crippen LogP contribution >= 0.6 is 15.9 Å². The van der Waals surface area contributed by atoms with Gasteiger partial charge in [-0.2, -0.15) is 0 Å². The average molecular weight is 474 g/mol. The highest BCUT2D eigenvalue weighted by Gasteiger charge is 2.38. The lowest BCUT2D eigenvalue weighted by Crippen LogP contribution is -2.41. The van der Waals surface area contributed by atoms with Gasteiger partial charge in [-0.3, -0.25) is 0 Å². The summed E-state index contributed by atoms with van der Waals surface area (Å²) in [4.78, 5) is 0. The van der Waals surface area contributed by atoms with E-state index in [2.05, 4.69) is 102 Å². The van der Waals surface area contributed by atoms with Crippen molar-refractivity contribution < 1.29 is 8.85 Å². The van der Waals surface area contributed by atoms with Crippen molar-refractivity contribution in [2.24, 2.45) is 0 Å². The first-order chi connectivity index (χ1) is 12.1. The molecule has 156 valence electrons. The van der Waals surface area contributed by atoms with Gasteiger partial charge >= 0.3 is 0 Å². The Morgan fingerprint density at radius 2 is 1.22 bits per heavy atom. The second-order valence-electron chi connectivity index (χ2n) is 10.6. The molecule has 0 radical (unpaired) electrons. The summed E-state index contributed by atoms with van der Waals surface area (Å²) in [6.07, 6.45) is 1.04. The predicted molar refractivity (Wildman–Crippen MR) is 128 cm³/mol. The molecule has 5 heteroatoms. The fourth-order valence-corrected chi connectivity index (χ4v) is 4.52. The molecule has 0 aromatic heterocycles. The third kappa shape index (κ3) is 7.11. The maximum Gasteiger partial charge on any atom is 0.192 e. The molecule has 0 N–H and O–H groups in total. The van der Waals surface area contributed by atoms with E-state index in [0.717, 1.165) is 11.8 Å². The number of alkyl halides is 1. The fourth-order valence-electron chi connectivity index (χ4n) is 2.17. The van der Waals surface area contributed by atoms with Crippen LogP contribution < -0.4 is 0 Å². The van der Waals surface area contributed by atoms with Gasteiger partial charge in [0.1, 0.15) is 0 Å². The van der Waals surface area contributed by atoms with Crippen LogP contribution in [0.5, 0.6) is 0 Å². The summed E-state index contributed by atoms with van der Waals surface area (Å²) in [5, 5.41) is 1.42. The minimum absolute atomic E-state index is 0.221. The Kier molecular flexibility index (Phi) is 8.59. The molecule has 0 fully saturated rings. The Bertz CT molecular complexity index is 614. The van der Waals surface area contributed by atoms with Gasteiger partial charge in [-0.15, -0.1) is 0 Å². The summed E-state index contributed by atoms with van der Waals surface area (Å²) < 4.78 is 13.0. The van der Waals surface area contributed by atoms with E-state index >= 15 is 0 Å². The van der Waals surface area contributed by atoms with Crippen molar-refractivity contribution in [3.05, 3.63) is 34.9 Å². The lowest BCUT2D eigenvalue weighted by molar-refractivity contribution is 0.257.